The van der Waals surface area contributed by atoms with Gasteiger partial charge < -0.3 is 14.2 Å². The van der Waals surface area contributed by atoms with Crippen molar-refractivity contribution >= 4 is 17.0 Å². The first-order chi connectivity index (χ1) is 8.65. The molecule has 3 rings (SSSR count). The van der Waals surface area contributed by atoms with Crippen LogP contribution >= 0.6 is 0 Å². The molecule has 0 amide bonds. The highest BCUT2D eigenvalue weighted by Gasteiger charge is 2.13. The van der Waals surface area contributed by atoms with Crippen LogP contribution in [0, 0.1) is 0 Å². The van der Waals surface area contributed by atoms with Crippen molar-refractivity contribution in [3.63, 3.8) is 0 Å². The largest absolute Gasteiger partial charge is 0.475 e. The summed E-state index contributed by atoms with van der Waals surface area (Å²) in [6.45, 7) is 0. The second kappa shape index (κ2) is 3.69. The van der Waals surface area contributed by atoms with E-state index < -0.39 is 5.97 Å². The highest BCUT2D eigenvalue weighted by molar-refractivity contribution is 5.87. The minimum absolute atomic E-state index is 0.175. The molecule has 0 saturated carbocycles. The Kier molecular flexibility index (Phi) is 2.16. The van der Waals surface area contributed by atoms with Gasteiger partial charge in [-0.15, -0.1) is 0 Å². The number of carbonyl (C=O) groups is 1. The quantitative estimate of drug-likeness (QED) is 0.743. The van der Waals surface area contributed by atoms with E-state index in [-0.39, 0.29) is 5.76 Å². The number of fused-ring (bicyclic) bond motifs is 1. The summed E-state index contributed by atoms with van der Waals surface area (Å²) in [5.74, 6) is -1.31. The van der Waals surface area contributed by atoms with E-state index >= 15 is 0 Å². The highest BCUT2D eigenvalue weighted by atomic mass is 16.5. The summed E-state index contributed by atoms with van der Waals surface area (Å²) in [5, 5.41) is 12.5. The molecule has 0 fully saturated rings. The predicted octanol–water partition coefficient (Wildman–Crippen LogP) is 1.93. The Bertz CT molecular complexity index is 742. The Morgan fingerprint density at radius 1 is 1.39 bits per heavy atom. The Balaban J connectivity index is 2.10. The molecule has 1 aromatic carbocycles. The number of imidazole rings is 1. The smallest absolute Gasteiger partial charge is 0.374 e. The Morgan fingerprint density at radius 3 is 2.94 bits per heavy atom. The number of hydrogen-bond acceptors (Lipinski definition) is 4. The van der Waals surface area contributed by atoms with E-state index in [0.29, 0.717) is 5.69 Å². The van der Waals surface area contributed by atoms with Crippen LogP contribution in [0.15, 0.2) is 35.1 Å². The van der Waals surface area contributed by atoms with Gasteiger partial charge in [0.1, 0.15) is 5.69 Å². The third kappa shape index (κ3) is 1.55. The van der Waals surface area contributed by atoms with E-state index in [4.69, 9.17) is 9.63 Å². The van der Waals surface area contributed by atoms with Crippen LogP contribution in [0.3, 0.4) is 0 Å². The zero-order chi connectivity index (χ0) is 12.7. The first kappa shape index (κ1) is 10.5. The van der Waals surface area contributed by atoms with E-state index in [2.05, 4.69) is 10.1 Å². The van der Waals surface area contributed by atoms with Crippen molar-refractivity contribution in [1.29, 1.82) is 0 Å². The molecule has 0 bridgehead atoms. The summed E-state index contributed by atoms with van der Waals surface area (Å²) in [4.78, 5) is 14.9. The molecule has 2 heterocycles. The molecule has 6 heteroatoms. The van der Waals surface area contributed by atoms with Crippen LogP contribution in [-0.2, 0) is 7.05 Å². The normalized spacial score (nSPS) is 10.9. The lowest BCUT2D eigenvalue weighted by Gasteiger charge is -1.97. The Labute approximate surface area is 101 Å². The number of aromatic carboxylic acids is 1. The van der Waals surface area contributed by atoms with Gasteiger partial charge in [-0.3, -0.25) is 0 Å². The molecule has 0 radical (unpaired) electrons. The van der Waals surface area contributed by atoms with Crippen LogP contribution in [0.25, 0.3) is 22.3 Å². The zero-order valence-corrected chi connectivity index (χ0v) is 9.49. The lowest BCUT2D eigenvalue weighted by Crippen LogP contribution is -1.91. The van der Waals surface area contributed by atoms with Gasteiger partial charge in [-0.25, -0.2) is 9.78 Å². The molecule has 0 aliphatic heterocycles. The van der Waals surface area contributed by atoms with Gasteiger partial charge in [0.15, 0.2) is 0 Å². The number of aryl methyl sites for hydroxylation is 1. The third-order valence-electron chi connectivity index (χ3n) is 2.74. The second-order valence-electron chi connectivity index (χ2n) is 3.94. The van der Waals surface area contributed by atoms with Crippen LogP contribution in [0.2, 0.25) is 0 Å². The Morgan fingerprint density at radius 2 is 2.22 bits per heavy atom. The van der Waals surface area contributed by atoms with Crippen molar-refractivity contribution in [2.24, 2.45) is 7.05 Å². The molecule has 0 spiro atoms. The molecule has 0 aliphatic carbocycles. The van der Waals surface area contributed by atoms with Gasteiger partial charge in [0.05, 0.1) is 17.4 Å². The lowest BCUT2D eigenvalue weighted by atomic mass is 10.1. The lowest BCUT2D eigenvalue weighted by molar-refractivity contribution is 0.0652. The molecule has 0 atom stereocenters. The molecule has 0 saturated heterocycles. The maximum atomic E-state index is 10.7. The van der Waals surface area contributed by atoms with Crippen molar-refractivity contribution < 1.29 is 14.4 Å². The molecular formula is C12H9N3O3. The topological polar surface area (TPSA) is 81.2 Å². The molecule has 1 N–H and O–H groups in total. The number of nitrogens with zero attached hydrogens (tertiary/aromatic N) is 3. The molecule has 0 unspecified atom stereocenters. The molecule has 18 heavy (non-hydrogen) atoms. The van der Waals surface area contributed by atoms with Gasteiger partial charge in [-0.1, -0.05) is 11.2 Å². The number of carboxylic acids is 1. The van der Waals surface area contributed by atoms with Gasteiger partial charge >= 0.3 is 5.97 Å². The number of hydrogen-bond donors (Lipinski definition) is 1. The fourth-order valence-electron chi connectivity index (χ4n) is 1.81. The van der Waals surface area contributed by atoms with Gasteiger partial charge in [-0.05, 0) is 12.1 Å². The summed E-state index contributed by atoms with van der Waals surface area (Å²) in [7, 11) is 1.91. The number of carboxylic acid groups (broad SMARTS) is 1. The second-order valence-corrected chi connectivity index (χ2v) is 3.94. The van der Waals surface area contributed by atoms with E-state index in [1.165, 1.54) is 6.07 Å². The SMILES string of the molecule is Cn1cnc2cc(-c3cc(C(=O)O)on3)ccc21. The van der Waals surface area contributed by atoms with E-state index in [9.17, 15) is 4.79 Å². The number of rotatable bonds is 2. The standard InChI is InChI=1S/C12H9N3O3/c1-15-6-13-9-4-7(2-3-10(9)15)8-5-11(12(16)17)18-14-8/h2-6H,1H3,(H,16,17). The van der Waals surface area contributed by atoms with E-state index in [0.717, 1.165) is 16.6 Å². The van der Waals surface area contributed by atoms with Gasteiger partial charge in [-0.2, -0.15) is 0 Å². The minimum atomic E-state index is -1.13. The summed E-state index contributed by atoms with van der Waals surface area (Å²) in [5.41, 5.74) is 3.09. The van der Waals surface area contributed by atoms with E-state index in [1.807, 2.05) is 29.8 Å². The molecule has 6 nitrogen and oxygen atoms in total. The van der Waals surface area contributed by atoms with Crippen LogP contribution < -0.4 is 0 Å². The first-order valence-electron chi connectivity index (χ1n) is 5.26. The number of benzene rings is 1. The minimum Gasteiger partial charge on any atom is -0.475 e. The maximum absolute atomic E-state index is 10.7. The Hall–Kier alpha value is -2.63. The van der Waals surface area contributed by atoms with Gasteiger partial charge in [0, 0.05) is 18.7 Å². The fourth-order valence-corrected chi connectivity index (χ4v) is 1.81. The zero-order valence-electron chi connectivity index (χ0n) is 9.49. The van der Waals surface area contributed by atoms with E-state index in [1.54, 1.807) is 6.33 Å². The molecule has 0 aliphatic rings. The monoisotopic (exact) mass is 243 g/mol. The summed E-state index contributed by atoms with van der Waals surface area (Å²) >= 11 is 0. The molecular weight excluding hydrogens is 234 g/mol. The molecule has 90 valence electrons. The van der Waals surface area contributed by atoms with Crippen LogP contribution in [0.5, 0.6) is 0 Å². The molecule has 2 aromatic heterocycles. The number of aromatic nitrogens is 3. The first-order valence-corrected chi connectivity index (χ1v) is 5.26. The van der Waals surface area contributed by atoms with Crippen LogP contribution in [0.4, 0.5) is 0 Å². The van der Waals surface area contributed by atoms with Crippen molar-refractivity contribution in [2.45, 2.75) is 0 Å². The summed E-state index contributed by atoms with van der Waals surface area (Å²) in [6, 6.07) is 7.01. The highest BCUT2D eigenvalue weighted by Crippen LogP contribution is 2.23. The maximum Gasteiger partial charge on any atom is 0.374 e. The van der Waals surface area contributed by atoms with Crippen molar-refractivity contribution in [1.82, 2.24) is 14.7 Å². The summed E-state index contributed by atoms with van der Waals surface area (Å²) in [6.07, 6.45) is 1.72. The average molecular weight is 243 g/mol. The van der Waals surface area contributed by atoms with Crippen molar-refractivity contribution in [3.8, 4) is 11.3 Å². The summed E-state index contributed by atoms with van der Waals surface area (Å²) < 4.78 is 6.63. The fraction of sp³-hybridized carbons (Fsp3) is 0.0833. The van der Waals surface area contributed by atoms with Crippen molar-refractivity contribution in [2.75, 3.05) is 0 Å². The average Bonchev–Trinajstić information content (AvgIpc) is 2.96. The predicted molar refractivity (Wildman–Crippen MR) is 63.2 cm³/mol. The van der Waals surface area contributed by atoms with Crippen LogP contribution in [-0.4, -0.2) is 25.8 Å². The van der Waals surface area contributed by atoms with Gasteiger partial charge in [0.25, 0.3) is 0 Å². The molecule has 3 aromatic rings. The van der Waals surface area contributed by atoms with Crippen molar-refractivity contribution in [3.05, 3.63) is 36.4 Å². The van der Waals surface area contributed by atoms with Crippen LogP contribution in [0.1, 0.15) is 10.6 Å². The third-order valence-corrected chi connectivity index (χ3v) is 2.74. The van der Waals surface area contributed by atoms with Gasteiger partial charge in [0.2, 0.25) is 5.76 Å².